The van der Waals surface area contributed by atoms with E-state index in [1.807, 2.05) is 60.9 Å². The van der Waals surface area contributed by atoms with Crippen molar-refractivity contribution in [1.82, 2.24) is 39.0 Å². The Kier molecular flexibility index (Phi) is 5.95. The number of pyridine rings is 4. The fourth-order valence-electron chi connectivity index (χ4n) is 6.22. The molecule has 7 aromatic heterocycles. The van der Waals surface area contributed by atoms with Crippen molar-refractivity contribution in [2.24, 2.45) is 0 Å². The third-order valence-corrected chi connectivity index (χ3v) is 8.28. The van der Waals surface area contributed by atoms with Gasteiger partial charge in [-0.05, 0) is 72.8 Å². The molecule has 0 atom stereocenters. The Morgan fingerprint density at radius 3 is 1.83 bits per heavy atom. The van der Waals surface area contributed by atoms with Crippen LogP contribution in [0.15, 0.2) is 147 Å². The lowest BCUT2D eigenvalue weighted by Gasteiger charge is -2.12. The SMILES string of the molecule is c1ccc(-c2cc(-n3c4ccccc4c4c5ccn(-c6cnc(-c7ccncc7)nc6)c5ccc43)cc(-c3ccccn3)n2)nc1. The zero-order valence-electron chi connectivity index (χ0n) is 24.4. The van der Waals surface area contributed by atoms with Crippen LogP contribution in [0, 0.1) is 0 Å². The summed E-state index contributed by atoms with van der Waals surface area (Å²) in [6.45, 7) is 0. The maximum absolute atomic E-state index is 5.00. The lowest BCUT2D eigenvalue weighted by molar-refractivity contribution is 1.05. The van der Waals surface area contributed by atoms with Crippen molar-refractivity contribution < 1.29 is 0 Å². The molecule has 8 nitrogen and oxygen atoms in total. The number of hydrogen-bond donors (Lipinski definition) is 0. The van der Waals surface area contributed by atoms with Crippen molar-refractivity contribution in [2.45, 2.75) is 0 Å². The summed E-state index contributed by atoms with van der Waals surface area (Å²) in [7, 11) is 0. The van der Waals surface area contributed by atoms with Crippen LogP contribution in [-0.2, 0) is 0 Å². The molecule has 9 rings (SSSR count). The summed E-state index contributed by atoms with van der Waals surface area (Å²) in [6.07, 6.45) is 12.9. The van der Waals surface area contributed by atoms with Gasteiger partial charge >= 0.3 is 0 Å². The number of hydrogen-bond acceptors (Lipinski definition) is 6. The van der Waals surface area contributed by atoms with Crippen LogP contribution in [0.3, 0.4) is 0 Å². The van der Waals surface area contributed by atoms with Crippen molar-refractivity contribution in [3.8, 4) is 45.5 Å². The largest absolute Gasteiger partial charge is 0.314 e. The van der Waals surface area contributed by atoms with Gasteiger partial charge in [-0.25, -0.2) is 15.0 Å². The van der Waals surface area contributed by atoms with Gasteiger partial charge < -0.3 is 9.13 Å². The third kappa shape index (κ3) is 4.23. The van der Waals surface area contributed by atoms with Gasteiger partial charge in [0.15, 0.2) is 5.82 Å². The standard InChI is InChI=1S/C38H24N8/c1-2-10-35-28(7-1)37-29-15-20-45(27-23-42-38(43-24-27)25-13-18-39-19-14-25)34(29)11-12-36(37)46(35)26-21-32(30-8-3-5-16-40-30)44-33(22-26)31-9-4-6-17-41-31/h1-24H. The van der Waals surface area contributed by atoms with Crippen LogP contribution in [0.4, 0.5) is 0 Å². The predicted octanol–water partition coefficient (Wildman–Crippen LogP) is 8.10. The first-order valence-corrected chi connectivity index (χ1v) is 14.9. The second-order valence-corrected chi connectivity index (χ2v) is 11.0. The van der Waals surface area contributed by atoms with E-state index in [-0.39, 0.29) is 0 Å². The minimum absolute atomic E-state index is 0.667. The number of benzene rings is 2. The molecule has 0 unspecified atom stereocenters. The minimum Gasteiger partial charge on any atom is -0.314 e. The molecule has 0 saturated carbocycles. The second kappa shape index (κ2) is 10.6. The van der Waals surface area contributed by atoms with Crippen molar-refractivity contribution in [1.29, 1.82) is 0 Å². The van der Waals surface area contributed by atoms with Crippen LogP contribution in [0.5, 0.6) is 0 Å². The third-order valence-electron chi connectivity index (χ3n) is 8.28. The maximum atomic E-state index is 5.00. The quantitative estimate of drug-likeness (QED) is 0.201. The van der Waals surface area contributed by atoms with E-state index in [4.69, 9.17) is 4.98 Å². The van der Waals surface area contributed by atoms with E-state index >= 15 is 0 Å². The fraction of sp³-hybridized carbons (Fsp3) is 0. The molecule has 216 valence electrons. The first-order chi connectivity index (χ1) is 22.8. The monoisotopic (exact) mass is 592 g/mol. The Labute approximate surface area is 263 Å². The average Bonchev–Trinajstić information content (AvgIpc) is 3.72. The van der Waals surface area contributed by atoms with Gasteiger partial charge in [-0.1, -0.05) is 30.3 Å². The lowest BCUT2D eigenvalue weighted by atomic mass is 10.1. The van der Waals surface area contributed by atoms with Crippen LogP contribution < -0.4 is 0 Å². The van der Waals surface area contributed by atoms with Gasteiger partial charge in [-0.15, -0.1) is 0 Å². The summed E-state index contributed by atoms with van der Waals surface area (Å²) < 4.78 is 4.45. The van der Waals surface area contributed by atoms with Gasteiger partial charge in [0, 0.05) is 52.7 Å². The molecular formula is C38H24N8. The van der Waals surface area contributed by atoms with Crippen molar-refractivity contribution in [3.05, 3.63) is 147 Å². The Morgan fingerprint density at radius 1 is 0.478 bits per heavy atom. The van der Waals surface area contributed by atoms with E-state index in [0.29, 0.717) is 5.82 Å². The van der Waals surface area contributed by atoms with Crippen molar-refractivity contribution in [3.63, 3.8) is 0 Å². The summed E-state index contributed by atoms with van der Waals surface area (Å²) in [5, 5.41) is 3.49. The zero-order valence-corrected chi connectivity index (χ0v) is 24.4. The highest BCUT2D eigenvalue weighted by atomic mass is 15.0. The number of nitrogens with zero attached hydrogens (tertiary/aromatic N) is 8. The highest BCUT2D eigenvalue weighted by Gasteiger charge is 2.19. The maximum Gasteiger partial charge on any atom is 0.159 e. The Balaban J connectivity index is 1.25. The summed E-state index contributed by atoms with van der Waals surface area (Å²) in [4.78, 5) is 27.6. The van der Waals surface area contributed by atoms with E-state index in [2.05, 4.69) is 94.8 Å². The molecule has 8 heteroatoms. The highest BCUT2D eigenvalue weighted by molar-refractivity contribution is 6.21. The molecule has 0 aliphatic carbocycles. The molecule has 46 heavy (non-hydrogen) atoms. The molecule has 0 saturated heterocycles. The molecule has 0 spiro atoms. The molecule has 2 aromatic carbocycles. The first-order valence-electron chi connectivity index (χ1n) is 14.9. The minimum atomic E-state index is 0.667. The number of aromatic nitrogens is 8. The van der Waals surface area contributed by atoms with Crippen LogP contribution in [-0.4, -0.2) is 39.0 Å². The normalized spacial score (nSPS) is 11.5. The van der Waals surface area contributed by atoms with Crippen LogP contribution in [0.1, 0.15) is 0 Å². The van der Waals surface area contributed by atoms with Gasteiger partial charge in [0.25, 0.3) is 0 Å². The summed E-state index contributed by atoms with van der Waals surface area (Å²) in [5.74, 6) is 0.667. The van der Waals surface area contributed by atoms with Gasteiger partial charge in [0.2, 0.25) is 0 Å². The molecular weight excluding hydrogens is 568 g/mol. The zero-order chi connectivity index (χ0) is 30.5. The van der Waals surface area contributed by atoms with Gasteiger partial charge in [0.1, 0.15) is 0 Å². The van der Waals surface area contributed by atoms with Crippen molar-refractivity contribution >= 4 is 32.7 Å². The topological polar surface area (TPSA) is 87.2 Å². The van der Waals surface area contributed by atoms with E-state index < -0.39 is 0 Å². The number of rotatable bonds is 5. The van der Waals surface area contributed by atoms with Gasteiger partial charge in [-0.2, -0.15) is 0 Å². The molecule has 0 bridgehead atoms. The number of fused-ring (bicyclic) bond motifs is 5. The fourth-order valence-corrected chi connectivity index (χ4v) is 6.22. The Bertz CT molecular complexity index is 2450. The summed E-state index contributed by atoms with van der Waals surface area (Å²) >= 11 is 0. The molecule has 0 fully saturated rings. The first kappa shape index (κ1) is 25.9. The van der Waals surface area contributed by atoms with Crippen molar-refractivity contribution in [2.75, 3.05) is 0 Å². The molecule has 0 radical (unpaired) electrons. The molecule has 0 aliphatic rings. The summed E-state index contributed by atoms with van der Waals surface area (Å²) in [5.41, 5.74) is 9.27. The van der Waals surface area contributed by atoms with Gasteiger partial charge in [0.05, 0.1) is 63.1 Å². The Morgan fingerprint density at radius 2 is 1.13 bits per heavy atom. The molecule has 9 aromatic rings. The Hall–Kier alpha value is -6.54. The number of para-hydroxylation sites is 1. The molecule has 7 heterocycles. The molecule has 0 aliphatic heterocycles. The van der Waals surface area contributed by atoms with Crippen LogP contribution >= 0.6 is 0 Å². The average molecular weight is 593 g/mol. The van der Waals surface area contributed by atoms with Crippen LogP contribution in [0.2, 0.25) is 0 Å². The second-order valence-electron chi connectivity index (χ2n) is 11.0. The molecule has 0 amide bonds. The van der Waals surface area contributed by atoms with E-state index in [1.54, 1.807) is 24.8 Å². The van der Waals surface area contributed by atoms with Gasteiger partial charge in [-0.3, -0.25) is 15.0 Å². The summed E-state index contributed by atoms with van der Waals surface area (Å²) in [6, 6.07) is 34.9. The van der Waals surface area contributed by atoms with E-state index in [1.165, 1.54) is 10.8 Å². The smallest absolute Gasteiger partial charge is 0.159 e. The van der Waals surface area contributed by atoms with Crippen LogP contribution in [0.25, 0.3) is 78.2 Å². The predicted molar refractivity (Wildman–Crippen MR) is 181 cm³/mol. The van der Waals surface area contributed by atoms with E-state index in [0.717, 1.165) is 61.7 Å². The highest BCUT2D eigenvalue weighted by Crippen LogP contribution is 2.39. The molecule has 0 N–H and O–H groups in total. The van der Waals surface area contributed by atoms with E-state index in [9.17, 15) is 0 Å². The lowest BCUT2D eigenvalue weighted by Crippen LogP contribution is -1.99.